The molecule has 1 N–H and O–H groups in total. The first-order valence-electron chi connectivity index (χ1n) is 5.67. The number of aldehydes is 1. The van der Waals surface area contributed by atoms with E-state index >= 15 is 0 Å². The third-order valence-corrected chi connectivity index (χ3v) is 3.23. The van der Waals surface area contributed by atoms with Gasteiger partial charge in [-0.15, -0.1) is 0 Å². The Hall–Kier alpha value is -1.19. The quantitative estimate of drug-likeness (QED) is 0.791. The summed E-state index contributed by atoms with van der Waals surface area (Å²) in [5.74, 6) is 0. The molecule has 1 fully saturated rings. The second-order valence-electron chi connectivity index (χ2n) is 4.15. The number of methoxy groups -OCH3 is 1. The van der Waals surface area contributed by atoms with E-state index in [9.17, 15) is 4.79 Å². The van der Waals surface area contributed by atoms with Crippen molar-refractivity contribution in [2.45, 2.75) is 25.0 Å². The van der Waals surface area contributed by atoms with Crippen LogP contribution in [0.25, 0.3) is 0 Å². The van der Waals surface area contributed by atoms with E-state index in [4.69, 9.17) is 4.74 Å². The van der Waals surface area contributed by atoms with Crippen LogP contribution in [0.1, 0.15) is 35.2 Å². The van der Waals surface area contributed by atoms with E-state index in [0.717, 1.165) is 31.2 Å². The maximum atomic E-state index is 10.6. The molecule has 0 aromatic heterocycles. The van der Waals surface area contributed by atoms with Crippen molar-refractivity contribution in [2.75, 3.05) is 13.7 Å². The number of carbonyl (C=O) groups excluding carboxylic acids is 1. The lowest BCUT2D eigenvalue weighted by Gasteiger charge is -2.37. The van der Waals surface area contributed by atoms with Crippen LogP contribution in [0, 0.1) is 0 Å². The summed E-state index contributed by atoms with van der Waals surface area (Å²) in [5.41, 5.74) is 1.44. The Kier molecular flexibility index (Phi) is 3.36. The van der Waals surface area contributed by atoms with Gasteiger partial charge in [0.2, 0.25) is 0 Å². The molecule has 3 nitrogen and oxygen atoms in total. The molecule has 0 radical (unpaired) electrons. The molecule has 1 atom stereocenters. The van der Waals surface area contributed by atoms with Crippen LogP contribution in [0.15, 0.2) is 24.3 Å². The lowest BCUT2D eigenvalue weighted by atomic mass is 9.92. The Morgan fingerprint density at radius 1 is 1.31 bits per heavy atom. The summed E-state index contributed by atoms with van der Waals surface area (Å²) in [4.78, 5) is 10.6. The van der Waals surface area contributed by atoms with Gasteiger partial charge >= 0.3 is 0 Å². The van der Waals surface area contributed by atoms with E-state index in [0.29, 0.717) is 5.56 Å². The molecule has 0 amide bonds. The summed E-state index contributed by atoms with van der Waals surface area (Å²) in [6, 6.07) is 7.59. The maximum Gasteiger partial charge on any atom is 0.150 e. The lowest BCUT2D eigenvalue weighted by Crippen LogP contribution is -2.47. The molecule has 1 saturated heterocycles. The molecule has 0 unspecified atom stereocenters. The molecular weight excluding hydrogens is 202 g/mol. The van der Waals surface area contributed by atoms with Crippen LogP contribution < -0.4 is 5.32 Å². The van der Waals surface area contributed by atoms with Crippen LogP contribution >= 0.6 is 0 Å². The second-order valence-corrected chi connectivity index (χ2v) is 4.15. The zero-order chi connectivity index (χ0) is 11.4. The van der Waals surface area contributed by atoms with Gasteiger partial charge in [0, 0.05) is 12.7 Å². The van der Waals surface area contributed by atoms with Crippen molar-refractivity contribution in [3.05, 3.63) is 35.4 Å². The highest BCUT2D eigenvalue weighted by Gasteiger charge is 2.33. The Labute approximate surface area is 95.8 Å². The molecule has 0 aliphatic carbocycles. The average Bonchev–Trinajstić information content (AvgIpc) is 2.39. The van der Waals surface area contributed by atoms with Gasteiger partial charge in [-0.3, -0.25) is 10.1 Å². The second kappa shape index (κ2) is 4.76. The number of hydrogen-bond donors (Lipinski definition) is 1. The average molecular weight is 219 g/mol. The van der Waals surface area contributed by atoms with Crippen molar-refractivity contribution < 1.29 is 9.53 Å². The topological polar surface area (TPSA) is 38.3 Å². The van der Waals surface area contributed by atoms with E-state index in [2.05, 4.69) is 5.32 Å². The fourth-order valence-corrected chi connectivity index (χ4v) is 2.25. The number of benzene rings is 1. The van der Waals surface area contributed by atoms with Gasteiger partial charge in [-0.1, -0.05) is 24.3 Å². The molecule has 1 aromatic carbocycles. The standard InChI is InChI=1S/C13H17NO2/c1-16-13(8-2-3-9-14-13)12-6-4-11(10-15)5-7-12/h4-7,10,14H,2-3,8-9H2,1H3/t13-/m1/s1. The van der Waals surface area contributed by atoms with Crippen LogP contribution in [-0.2, 0) is 10.5 Å². The van der Waals surface area contributed by atoms with Crippen LogP contribution in [0.3, 0.4) is 0 Å². The van der Waals surface area contributed by atoms with Gasteiger partial charge in [-0.05, 0) is 31.4 Å². The molecule has 1 aromatic rings. The summed E-state index contributed by atoms with van der Waals surface area (Å²) in [6.07, 6.45) is 4.19. The van der Waals surface area contributed by atoms with E-state index in [1.807, 2.05) is 24.3 Å². The Balaban J connectivity index is 2.28. The fourth-order valence-electron chi connectivity index (χ4n) is 2.25. The summed E-state index contributed by atoms with van der Waals surface area (Å²) in [6.45, 7) is 0.975. The predicted molar refractivity (Wildman–Crippen MR) is 62.4 cm³/mol. The summed E-state index contributed by atoms with van der Waals surface area (Å²) in [5, 5.41) is 3.43. The minimum Gasteiger partial charge on any atom is -0.360 e. The largest absolute Gasteiger partial charge is 0.360 e. The van der Waals surface area contributed by atoms with Crippen molar-refractivity contribution in [3.8, 4) is 0 Å². The van der Waals surface area contributed by atoms with E-state index < -0.39 is 0 Å². The van der Waals surface area contributed by atoms with Gasteiger partial charge in [0.05, 0.1) is 0 Å². The number of nitrogens with one attached hydrogen (secondary N) is 1. The molecule has 1 heterocycles. The van der Waals surface area contributed by atoms with Gasteiger partial charge in [-0.25, -0.2) is 0 Å². The number of ether oxygens (including phenoxy) is 1. The fraction of sp³-hybridized carbons (Fsp3) is 0.462. The molecule has 86 valence electrons. The monoisotopic (exact) mass is 219 g/mol. The van der Waals surface area contributed by atoms with Crippen LogP contribution in [0.4, 0.5) is 0 Å². The Morgan fingerprint density at radius 3 is 2.56 bits per heavy atom. The first-order chi connectivity index (χ1) is 7.80. The SMILES string of the molecule is CO[C@@]1(c2ccc(C=O)cc2)CCCCN1. The summed E-state index contributed by atoms with van der Waals surface area (Å²) < 4.78 is 5.64. The van der Waals surface area contributed by atoms with Crippen molar-refractivity contribution in [1.82, 2.24) is 5.32 Å². The zero-order valence-corrected chi connectivity index (χ0v) is 9.53. The zero-order valence-electron chi connectivity index (χ0n) is 9.53. The van der Waals surface area contributed by atoms with Crippen molar-refractivity contribution in [2.24, 2.45) is 0 Å². The molecule has 1 aliphatic rings. The third kappa shape index (κ3) is 2.01. The van der Waals surface area contributed by atoms with Gasteiger partial charge in [0.25, 0.3) is 0 Å². The number of hydrogen-bond acceptors (Lipinski definition) is 3. The Morgan fingerprint density at radius 2 is 2.06 bits per heavy atom. The molecule has 0 bridgehead atoms. The molecule has 2 rings (SSSR count). The highest BCUT2D eigenvalue weighted by atomic mass is 16.5. The molecule has 3 heteroatoms. The smallest absolute Gasteiger partial charge is 0.150 e. The van der Waals surface area contributed by atoms with E-state index in [1.165, 1.54) is 6.42 Å². The molecule has 16 heavy (non-hydrogen) atoms. The van der Waals surface area contributed by atoms with Crippen LogP contribution in [0.2, 0.25) is 0 Å². The molecule has 0 spiro atoms. The number of rotatable bonds is 3. The Bertz CT molecular complexity index is 353. The van der Waals surface area contributed by atoms with Crippen LogP contribution in [-0.4, -0.2) is 19.9 Å². The lowest BCUT2D eigenvalue weighted by molar-refractivity contribution is -0.0648. The predicted octanol–water partition coefficient (Wildman–Crippen LogP) is 2.07. The minimum absolute atomic E-state index is 0.361. The van der Waals surface area contributed by atoms with Gasteiger partial charge in [0.1, 0.15) is 12.0 Å². The van der Waals surface area contributed by atoms with Crippen molar-refractivity contribution in [1.29, 1.82) is 0 Å². The molecule has 0 saturated carbocycles. The number of carbonyl (C=O) groups is 1. The normalized spacial score (nSPS) is 25.3. The highest BCUT2D eigenvalue weighted by molar-refractivity contribution is 5.74. The highest BCUT2D eigenvalue weighted by Crippen LogP contribution is 2.30. The summed E-state index contributed by atoms with van der Waals surface area (Å²) >= 11 is 0. The van der Waals surface area contributed by atoms with Gasteiger partial charge < -0.3 is 4.74 Å². The van der Waals surface area contributed by atoms with Crippen LogP contribution in [0.5, 0.6) is 0 Å². The maximum absolute atomic E-state index is 10.6. The first-order valence-corrected chi connectivity index (χ1v) is 5.67. The summed E-state index contributed by atoms with van der Waals surface area (Å²) in [7, 11) is 1.73. The number of piperidine rings is 1. The minimum atomic E-state index is -0.361. The molecular formula is C13H17NO2. The van der Waals surface area contributed by atoms with Gasteiger partial charge in [0.15, 0.2) is 0 Å². The first kappa shape index (κ1) is 11.3. The third-order valence-electron chi connectivity index (χ3n) is 3.23. The van der Waals surface area contributed by atoms with Gasteiger partial charge in [-0.2, -0.15) is 0 Å². The van der Waals surface area contributed by atoms with Crippen molar-refractivity contribution in [3.63, 3.8) is 0 Å². The van der Waals surface area contributed by atoms with E-state index in [1.54, 1.807) is 7.11 Å². The van der Waals surface area contributed by atoms with Crippen molar-refractivity contribution >= 4 is 6.29 Å². The molecule has 1 aliphatic heterocycles. The van der Waals surface area contributed by atoms with E-state index in [-0.39, 0.29) is 5.72 Å².